The molecule has 0 spiro atoms. The highest BCUT2D eigenvalue weighted by Gasteiger charge is 2.29. The Morgan fingerprint density at radius 2 is 0.811 bits per heavy atom. The highest BCUT2D eigenvalue weighted by Crippen LogP contribution is 2.44. The Bertz CT molecular complexity index is 1140. The number of hydrogen-bond acceptors (Lipinski definition) is 12. The number of likely N-dealkylation sites (N-methyl/N-ethyl adjacent to an activating group) is 1. The minimum Gasteiger partial charge on any atom is -0.448 e. The second-order valence-electron chi connectivity index (χ2n) is 12.2. The predicted octanol–water partition coefficient (Wildman–Crippen LogP) is 4.83. The molecule has 0 heterocycles. The van der Waals surface area contributed by atoms with Gasteiger partial charge in [0.1, 0.15) is 6.61 Å². The van der Waals surface area contributed by atoms with Gasteiger partial charge >= 0.3 is 6.09 Å². The molecule has 53 heavy (non-hydrogen) atoms. The third-order valence-electron chi connectivity index (χ3n) is 8.21. The fourth-order valence-electron chi connectivity index (χ4n) is 5.32. The third kappa shape index (κ3) is 20.0. The molecule has 0 atom stereocenters. The average Bonchev–Trinajstić information content (AvgIpc) is 3.50. The Kier molecular flexibility index (Phi) is 25.8. The van der Waals surface area contributed by atoms with Crippen LogP contribution in [-0.4, -0.2) is 163 Å². The van der Waals surface area contributed by atoms with Crippen LogP contribution in [0.15, 0.2) is 48.5 Å². The number of benzene rings is 2. The number of unbranched alkanes of at least 4 members (excludes halogenated alkanes) is 1. The summed E-state index contributed by atoms with van der Waals surface area (Å²) in [5.41, 5.74) is 4.80. The maximum absolute atomic E-state index is 12.6. The lowest BCUT2D eigenvalue weighted by Crippen LogP contribution is -2.32. The van der Waals surface area contributed by atoms with Crippen LogP contribution in [0.1, 0.15) is 36.8 Å². The number of carbonyl (C=O) groups excluding carboxylic acids is 1. The first-order valence-electron chi connectivity index (χ1n) is 19.1. The average molecular weight is 750 g/mol. The Labute approximate surface area is 316 Å². The third-order valence-corrected chi connectivity index (χ3v) is 8.21. The van der Waals surface area contributed by atoms with Gasteiger partial charge in [0.15, 0.2) is 0 Å². The summed E-state index contributed by atoms with van der Waals surface area (Å²) in [4.78, 5) is 14.1. The lowest BCUT2D eigenvalue weighted by molar-refractivity contribution is -0.0265. The van der Waals surface area contributed by atoms with Crippen molar-refractivity contribution < 1.29 is 56.9 Å². The van der Waals surface area contributed by atoms with Crippen LogP contribution >= 0.6 is 0 Å². The van der Waals surface area contributed by atoms with E-state index in [-0.39, 0.29) is 12.0 Å². The molecule has 0 bridgehead atoms. The van der Waals surface area contributed by atoms with E-state index in [0.717, 1.165) is 19.4 Å². The van der Waals surface area contributed by atoms with Crippen LogP contribution in [0.2, 0.25) is 0 Å². The van der Waals surface area contributed by atoms with Crippen LogP contribution in [-0.2, 0) is 52.1 Å². The zero-order valence-corrected chi connectivity index (χ0v) is 32.0. The normalized spacial score (nSPS) is 12.3. The monoisotopic (exact) mass is 749 g/mol. The number of amides is 1. The number of ether oxygens (including phenoxy) is 11. The molecule has 13 heteroatoms. The van der Waals surface area contributed by atoms with Gasteiger partial charge in [-0.25, -0.2) is 4.79 Å². The molecule has 0 saturated carbocycles. The molecule has 2 aromatic carbocycles. The Morgan fingerprint density at radius 1 is 0.491 bits per heavy atom. The quantitative estimate of drug-likeness (QED) is 0.0898. The zero-order chi connectivity index (χ0) is 37.4. The van der Waals surface area contributed by atoms with Gasteiger partial charge in [-0.1, -0.05) is 61.9 Å². The Morgan fingerprint density at radius 3 is 1.17 bits per heavy atom. The summed E-state index contributed by atoms with van der Waals surface area (Å²) in [6.45, 7) is 13.3. The molecule has 2 aromatic rings. The highest BCUT2D eigenvalue weighted by atomic mass is 16.6. The molecule has 0 saturated heterocycles. The van der Waals surface area contributed by atoms with Crippen LogP contribution in [0, 0.1) is 0 Å². The van der Waals surface area contributed by atoms with E-state index >= 15 is 0 Å². The van der Waals surface area contributed by atoms with Gasteiger partial charge in [0.05, 0.1) is 126 Å². The molecule has 300 valence electrons. The maximum Gasteiger partial charge on any atom is 0.409 e. The summed E-state index contributed by atoms with van der Waals surface area (Å²) in [5, 5.41) is 0. The van der Waals surface area contributed by atoms with Crippen molar-refractivity contribution in [2.75, 3.05) is 152 Å². The molecule has 1 amide bonds. The SMILES string of the molecule is CCCCOCCOCCOCCOCCOCCOCCOCCOCCOCCOCCN(C)C(=O)OCC1c2ccccc2-c2ccccc21. The molecular formula is C40H63NO12. The van der Waals surface area contributed by atoms with Gasteiger partial charge in [0.2, 0.25) is 0 Å². The summed E-state index contributed by atoms with van der Waals surface area (Å²) < 4.78 is 60.7. The predicted molar refractivity (Wildman–Crippen MR) is 201 cm³/mol. The first-order chi connectivity index (χ1) is 26.2. The summed E-state index contributed by atoms with van der Waals surface area (Å²) in [7, 11) is 1.72. The van der Waals surface area contributed by atoms with Crippen molar-refractivity contribution >= 4 is 6.09 Å². The molecule has 3 rings (SSSR count). The van der Waals surface area contributed by atoms with E-state index in [1.165, 1.54) is 27.2 Å². The Hall–Kier alpha value is -2.69. The van der Waals surface area contributed by atoms with Crippen molar-refractivity contribution in [3.63, 3.8) is 0 Å². The van der Waals surface area contributed by atoms with Crippen molar-refractivity contribution in [3.8, 4) is 11.1 Å². The molecular weight excluding hydrogens is 686 g/mol. The van der Waals surface area contributed by atoms with E-state index in [0.29, 0.717) is 139 Å². The lowest BCUT2D eigenvalue weighted by Gasteiger charge is -2.19. The van der Waals surface area contributed by atoms with E-state index in [2.05, 4.69) is 31.2 Å². The van der Waals surface area contributed by atoms with Crippen LogP contribution in [0.25, 0.3) is 11.1 Å². The van der Waals surface area contributed by atoms with E-state index in [1.807, 2.05) is 24.3 Å². The maximum atomic E-state index is 12.6. The summed E-state index contributed by atoms with van der Waals surface area (Å²) in [6, 6.07) is 16.6. The summed E-state index contributed by atoms with van der Waals surface area (Å²) >= 11 is 0. The van der Waals surface area contributed by atoms with Gasteiger partial charge in [0.25, 0.3) is 0 Å². The van der Waals surface area contributed by atoms with Crippen molar-refractivity contribution in [1.29, 1.82) is 0 Å². The lowest BCUT2D eigenvalue weighted by atomic mass is 9.98. The fraction of sp³-hybridized carbons (Fsp3) is 0.675. The second kappa shape index (κ2) is 30.6. The smallest absolute Gasteiger partial charge is 0.409 e. The molecule has 1 aliphatic carbocycles. The van der Waals surface area contributed by atoms with Gasteiger partial charge in [-0.2, -0.15) is 0 Å². The van der Waals surface area contributed by atoms with E-state index in [4.69, 9.17) is 52.1 Å². The van der Waals surface area contributed by atoms with Gasteiger partial charge in [0, 0.05) is 26.1 Å². The minimum atomic E-state index is -0.362. The highest BCUT2D eigenvalue weighted by molar-refractivity contribution is 5.79. The number of fused-ring (bicyclic) bond motifs is 3. The minimum absolute atomic E-state index is 0.0404. The van der Waals surface area contributed by atoms with Gasteiger partial charge < -0.3 is 57.0 Å². The zero-order valence-electron chi connectivity index (χ0n) is 32.0. The van der Waals surface area contributed by atoms with Crippen molar-refractivity contribution in [3.05, 3.63) is 59.7 Å². The van der Waals surface area contributed by atoms with Crippen LogP contribution in [0.5, 0.6) is 0 Å². The van der Waals surface area contributed by atoms with E-state index < -0.39 is 0 Å². The molecule has 0 aromatic heterocycles. The number of rotatable bonds is 35. The van der Waals surface area contributed by atoms with Crippen LogP contribution < -0.4 is 0 Å². The standard InChI is InChI=1S/C40H63NO12/c1-3-4-14-43-16-18-45-20-22-47-24-26-49-28-30-51-32-33-52-31-29-50-27-25-48-23-21-46-19-17-44-15-13-41(2)40(42)53-34-39-37-11-7-5-9-35(37)36-10-6-8-12-38(36)39/h5-12,39H,3-4,13-34H2,1-2H3. The fourth-order valence-corrected chi connectivity index (χ4v) is 5.32. The van der Waals surface area contributed by atoms with E-state index in [1.54, 1.807) is 7.05 Å². The molecule has 0 fully saturated rings. The first-order valence-corrected chi connectivity index (χ1v) is 19.1. The molecule has 1 aliphatic rings. The molecule has 0 aliphatic heterocycles. The largest absolute Gasteiger partial charge is 0.448 e. The Balaban J connectivity index is 0.980. The van der Waals surface area contributed by atoms with Crippen LogP contribution in [0.3, 0.4) is 0 Å². The number of hydrogen-bond donors (Lipinski definition) is 0. The number of carbonyl (C=O) groups is 1. The van der Waals surface area contributed by atoms with Crippen molar-refractivity contribution in [2.45, 2.75) is 25.7 Å². The summed E-state index contributed by atoms with van der Waals surface area (Å²) in [5.74, 6) is 0.0404. The molecule has 13 nitrogen and oxygen atoms in total. The van der Waals surface area contributed by atoms with Crippen LogP contribution in [0.4, 0.5) is 4.79 Å². The second-order valence-corrected chi connectivity index (χ2v) is 12.2. The van der Waals surface area contributed by atoms with E-state index in [9.17, 15) is 4.79 Å². The first kappa shape index (κ1) is 44.7. The van der Waals surface area contributed by atoms with Crippen molar-refractivity contribution in [1.82, 2.24) is 4.90 Å². The summed E-state index contributed by atoms with van der Waals surface area (Å²) in [6.07, 6.45) is 1.87. The van der Waals surface area contributed by atoms with Gasteiger partial charge in [-0.05, 0) is 28.7 Å². The van der Waals surface area contributed by atoms with Gasteiger partial charge in [-0.15, -0.1) is 0 Å². The number of nitrogens with zero attached hydrogens (tertiary/aromatic N) is 1. The van der Waals surface area contributed by atoms with Gasteiger partial charge in [-0.3, -0.25) is 0 Å². The van der Waals surface area contributed by atoms with Crippen molar-refractivity contribution in [2.24, 2.45) is 0 Å². The molecule has 0 N–H and O–H groups in total. The molecule has 0 radical (unpaired) electrons. The topological polar surface area (TPSA) is 122 Å². The molecule has 0 unspecified atom stereocenters.